The second-order valence-corrected chi connectivity index (χ2v) is 10.0. The van der Waals surface area contributed by atoms with Gasteiger partial charge in [0.2, 0.25) is 10.0 Å². The fraction of sp³-hybridized carbons (Fsp3) is 0.533. The van der Waals surface area contributed by atoms with Crippen molar-refractivity contribution in [1.82, 2.24) is 9.62 Å². The van der Waals surface area contributed by atoms with Crippen LogP contribution in [-0.4, -0.2) is 70.5 Å². The third kappa shape index (κ3) is 6.29. The SMILES string of the molecule is CS(=O)(=O)N(CCNC(=O)COc1ccccc1)C1CCS(=O)(=O)C1. The molecular formula is C15H22N2O6S2. The molecule has 1 N–H and O–H groups in total. The average Bonchev–Trinajstić information content (AvgIpc) is 2.89. The van der Waals surface area contributed by atoms with Crippen LogP contribution in [0.15, 0.2) is 30.3 Å². The molecule has 1 amide bonds. The van der Waals surface area contributed by atoms with Gasteiger partial charge in [-0.25, -0.2) is 16.8 Å². The molecule has 1 saturated heterocycles. The lowest BCUT2D eigenvalue weighted by molar-refractivity contribution is -0.123. The molecule has 10 heteroatoms. The van der Waals surface area contributed by atoms with Crippen LogP contribution in [0.25, 0.3) is 0 Å². The fourth-order valence-corrected chi connectivity index (χ4v) is 5.61. The summed E-state index contributed by atoms with van der Waals surface area (Å²) >= 11 is 0. The number of amides is 1. The molecule has 140 valence electrons. The number of sulfone groups is 1. The van der Waals surface area contributed by atoms with Crippen LogP contribution in [0, 0.1) is 0 Å². The lowest BCUT2D eigenvalue weighted by Crippen LogP contribution is -2.45. The minimum atomic E-state index is -3.57. The van der Waals surface area contributed by atoms with E-state index in [1.54, 1.807) is 24.3 Å². The molecule has 1 fully saturated rings. The first kappa shape index (κ1) is 19.7. The number of rotatable bonds is 8. The summed E-state index contributed by atoms with van der Waals surface area (Å²) in [5.74, 6) is -0.00514. The number of para-hydroxylation sites is 1. The Kier molecular flexibility index (Phi) is 6.42. The quantitative estimate of drug-likeness (QED) is 0.649. The van der Waals surface area contributed by atoms with E-state index in [2.05, 4.69) is 5.32 Å². The van der Waals surface area contributed by atoms with Crippen molar-refractivity contribution in [2.24, 2.45) is 0 Å². The first-order valence-corrected chi connectivity index (χ1v) is 11.5. The Labute approximate surface area is 148 Å². The van der Waals surface area contributed by atoms with E-state index in [0.717, 1.165) is 10.6 Å². The van der Waals surface area contributed by atoms with Crippen molar-refractivity contribution in [3.63, 3.8) is 0 Å². The van der Waals surface area contributed by atoms with Crippen molar-refractivity contribution in [3.8, 4) is 5.75 Å². The molecule has 1 unspecified atom stereocenters. The van der Waals surface area contributed by atoms with E-state index < -0.39 is 25.9 Å². The summed E-state index contributed by atoms with van der Waals surface area (Å²) < 4.78 is 53.4. The van der Waals surface area contributed by atoms with E-state index in [4.69, 9.17) is 4.74 Å². The molecule has 8 nitrogen and oxygen atoms in total. The summed E-state index contributed by atoms with van der Waals surface area (Å²) in [5.41, 5.74) is 0. The zero-order valence-corrected chi connectivity index (χ0v) is 15.6. The molecule has 1 aliphatic rings. The molecule has 0 radical (unpaired) electrons. The Balaban J connectivity index is 1.82. The van der Waals surface area contributed by atoms with Crippen LogP contribution in [0.5, 0.6) is 5.75 Å². The number of benzene rings is 1. The zero-order valence-electron chi connectivity index (χ0n) is 13.9. The molecule has 1 aliphatic heterocycles. The lowest BCUT2D eigenvalue weighted by atomic mass is 10.2. The largest absolute Gasteiger partial charge is 0.484 e. The number of nitrogens with one attached hydrogen (secondary N) is 1. The van der Waals surface area contributed by atoms with Crippen LogP contribution in [0.4, 0.5) is 0 Å². The van der Waals surface area contributed by atoms with Crippen LogP contribution in [0.1, 0.15) is 6.42 Å². The van der Waals surface area contributed by atoms with Crippen LogP contribution in [0.3, 0.4) is 0 Å². The highest BCUT2D eigenvalue weighted by Crippen LogP contribution is 2.19. The van der Waals surface area contributed by atoms with Gasteiger partial charge in [0.05, 0.1) is 17.8 Å². The van der Waals surface area contributed by atoms with Gasteiger partial charge in [-0.3, -0.25) is 4.79 Å². The summed E-state index contributed by atoms with van der Waals surface area (Å²) in [6, 6.07) is 8.27. The molecule has 1 heterocycles. The van der Waals surface area contributed by atoms with Crippen molar-refractivity contribution in [2.45, 2.75) is 12.5 Å². The number of hydrogen-bond donors (Lipinski definition) is 1. The highest BCUT2D eigenvalue weighted by molar-refractivity contribution is 7.92. The molecule has 0 saturated carbocycles. The number of carbonyl (C=O) groups is 1. The Morgan fingerprint density at radius 2 is 2.00 bits per heavy atom. The summed E-state index contributed by atoms with van der Waals surface area (Å²) in [7, 11) is -6.76. The first-order valence-electron chi connectivity index (χ1n) is 7.79. The minimum Gasteiger partial charge on any atom is -0.484 e. The molecule has 0 spiro atoms. The van der Waals surface area contributed by atoms with Crippen LogP contribution in [0.2, 0.25) is 0 Å². The molecule has 0 aromatic heterocycles. The van der Waals surface area contributed by atoms with Gasteiger partial charge in [-0.15, -0.1) is 0 Å². The van der Waals surface area contributed by atoms with Crippen LogP contribution >= 0.6 is 0 Å². The van der Waals surface area contributed by atoms with Gasteiger partial charge < -0.3 is 10.1 Å². The van der Waals surface area contributed by atoms with Crippen LogP contribution in [-0.2, 0) is 24.7 Å². The van der Waals surface area contributed by atoms with E-state index in [-0.39, 0.29) is 43.5 Å². The van der Waals surface area contributed by atoms with Gasteiger partial charge in [-0.1, -0.05) is 18.2 Å². The van der Waals surface area contributed by atoms with Crippen LogP contribution < -0.4 is 10.1 Å². The third-order valence-electron chi connectivity index (χ3n) is 3.81. The number of ether oxygens (including phenoxy) is 1. The molecule has 0 aliphatic carbocycles. The molecule has 2 rings (SSSR count). The second-order valence-electron chi connectivity index (χ2n) is 5.88. The maximum atomic E-state index is 11.9. The number of sulfonamides is 1. The van der Waals surface area contributed by atoms with E-state index in [1.165, 1.54) is 0 Å². The van der Waals surface area contributed by atoms with Gasteiger partial charge in [0.1, 0.15) is 5.75 Å². The van der Waals surface area contributed by atoms with Gasteiger partial charge in [0.15, 0.2) is 16.4 Å². The van der Waals surface area contributed by atoms with Crippen molar-refractivity contribution in [1.29, 1.82) is 0 Å². The molecular weight excluding hydrogens is 368 g/mol. The topological polar surface area (TPSA) is 110 Å². The number of carbonyl (C=O) groups excluding carboxylic acids is 1. The van der Waals surface area contributed by atoms with E-state index >= 15 is 0 Å². The smallest absolute Gasteiger partial charge is 0.257 e. The third-order valence-corrected chi connectivity index (χ3v) is 6.89. The minimum absolute atomic E-state index is 0.0129. The predicted molar refractivity (Wildman–Crippen MR) is 93.6 cm³/mol. The average molecular weight is 390 g/mol. The van der Waals surface area contributed by atoms with Gasteiger partial charge in [0.25, 0.3) is 5.91 Å². The number of hydrogen-bond acceptors (Lipinski definition) is 6. The highest BCUT2D eigenvalue weighted by atomic mass is 32.2. The monoisotopic (exact) mass is 390 g/mol. The standard InChI is InChI=1S/C15H22N2O6S2/c1-24(19,20)17(13-7-10-25(21,22)12-13)9-8-16-15(18)11-23-14-5-3-2-4-6-14/h2-6,13H,7-12H2,1H3,(H,16,18). The second kappa shape index (κ2) is 8.15. The van der Waals surface area contributed by atoms with Gasteiger partial charge in [0, 0.05) is 19.1 Å². The van der Waals surface area contributed by atoms with E-state index in [1.807, 2.05) is 6.07 Å². The van der Waals surface area contributed by atoms with E-state index in [9.17, 15) is 21.6 Å². The van der Waals surface area contributed by atoms with Gasteiger partial charge in [-0.05, 0) is 18.6 Å². The summed E-state index contributed by atoms with van der Waals surface area (Å²) in [5, 5.41) is 2.58. The normalized spacial score (nSPS) is 19.7. The maximum absolute atomic E-state index is 11.9. The first-order chi connectivity index (χ1) is 11.7. The van der Waals surface area contributed by atoms with Crippen molar-refractivity contribution < 1.29 is 26.4 Å². The Bertz CT molecular complexity index is 793. The zero-order chi connectivity index (χ0) is 18.5. The lowest BCUT2D eigenvalue weighted by Gasteiger charge is -2.25. The Morgan fingerprint density at radius 3 is 2.56 bits per heavy atom. The Morgan fingerprint density at radius 1 is 1.32 bits per heavy atom. The van der Waals surface area contributed by atoms with Crippen molar-refractivity contribution in [2.75, 3.05) is 37.5 Å². The van der Waals surface area contributed by atoms with Gasteiger partial charge >= 0.3 is 0 Å². The Hall–Kier alpha value is -1.65. The summed E-state index contributed by atoms with van der Waals surface area (Å²) in [4.78, 5) is 11.8. The van der Waals surface area contributed by atoms with E-state index in [0.29, 0.717) is 5.75 Å². The molecule has 0 bridgehead atoms. The van der Waals surface area contributed by atoms with Crippen molar-refractivity contribution >= 4 is 25.8 Å². The molecule has 1 atom stereocenters. The molecule has 1 aromatic carbocycles. The highest BCUT2D eigenvalue weighted by Gasteiger charge is 2.36. The fourth-order valence-electron chi connectivity index (χ4n) is 2.64. The summed E-state index contributed by atoms with van der Waals surface area (Å²) in [6.07, 6.45) is 1.32. The molecule has 25 heavy (non-hydrogen) atoms. The van der Waals surface area contributed by atoms with Crippen molar-refractivity contribution in [3.05, 3.63) is 30.3 Å². The molecule has 1 aromatic rings. The number of nitrogens with zero attached hydrogens (tertiary/aromatic N) is 1. The summed E-state index contributed by atoms with van der Waals surface area (Å²) in [6.45, 7) is -0.0720. The predicted octanol–water partition coefficient (Wildman–Crippen LogP) is -0.370. The maximum Gasteiger partial charge on any atom is 0.257 e. The van der Waals surface area contributed by atoms with Gasteiger partial charge in [-0.2, -0.15) is 4.31 Å².